The molecule has 2 nitrogen and oxygen atoms in total. The second kappa shape index (κ2) is 4.96. The minimum Gasteiger partial charge on any atom is -0.339 e. The van der Waals surface area contributed by atoms with Crippen LogP contribution in [0.5, 0.6) is 0 Å². The third-order valence-electron chi connectivity index (χ3n) is 4.01. The largest absolute Gasteiger partial charge is 0.339 e. The first-order chi connectivity index (χ1) is 8.75. The summed E-state index contributed by atoms with van der Waals surface area (Å²) in [5, 5.41) is 0.114. The third-order valence-corrected chi connectivity index (χ3v) is 5.31. The fourth-order valence-electron chi connectivity index (χ4n) is 2.93. The Hall–Kier alpha value is -0.960. The van der Waals surface area contributed by atoms with E-state index in [2.05, 4.69) is 36.1 Å². The number of hydrogen-bond donors (Lipinski definition) is 0. The molecule has 18 heavy (non-hydrogen) atoms. The molecule has 3 rings (SSSR count). The SMILES string of the molecule is CC1CCCCN1C(=O)C1Cc2ccccc2S1. The predicted octanol–water partition coefficient (Wildman–Crippen LogP) is 3.10. The molecule has 1 aromatic carbocycles. The molecule has 1 fully saturated rings. The Balaban J connectivity index is 1.72. The normalized spacial score (nSPS) is 27.1. The number of piperidine rings is 1. The van der Waals surface area contributed by atoms with Gasteiger partial charge in [-0.1, -0.05) is 18.2 Å². The molecular formula is C15H19NOS. The number of carbonyl (C=O) groups excluding carboxylic acids is 1. The van der Waals surface area contributed by atoms with E-state index in [1.165, 1.54) is 23.3 Å². The molecule has 2 unspecified atom stereocenters. The minimum atomic E-state index is 0.114. The van der Waals surface area contributed by atoms with Crippen LogP contribution in [0.3, 0.4) is 0 Å². The average molecular weight is 261 g/mol. The van der Waals surface area contributed by atoms with Gasteiger partial charge in [-0.3, -0.25) is 4.79 Å². The Bertz CT molecular complexity index is 435. The van der Waals surface area contributed by atoms with E-state index >= 15 is 0 Å². The van der Waals surface area contributed by atoms with Crippen LogP contribution in [0.2, 0.25) is 0 Å². The topological polar surface area (TPSA) is 20.3 Å². The van der Waals surface area contributed by atoms with Crippen molar-refractivity contribution < 1.29 is 4.79 Å². The van der Waals surface area contributed by atoms with Crippen molar-refractivity contribution in [3.63, 3.8) is 0 Å². The monoisotopic (exact) mass is 261 g/mol. The van der Waals surface area contributed by atoms with Crippen molar-refractivity contribution in [3.8, 4) is 0 Å². The highest BCUT2D eigenvalue weighted by Crippen LogP contribution is 2.38. The highest BCUT2D eigenvalue weighted by atomic mass is 32.2. The molecule has 2 aliphatic heterocycles. The zero-order valence-electron chi connectivity index (χ0n) is 10.8. The molecule has 96 valence electrons. The third kappa shape index (κ3) is 2.16. The first-order valence-electron chi connectivity index (χ1n) is 6.81. The van der Waals surface area contributed by atoms with Gasteiger partial charge < -0.3 is 4.90 Å². The molecule has 2 heterocycles. The molecular weight excluding hydrogens is 242 g/mol. The van der Waals surface area contributed by atoms with Crippen molar-refractivity contribution in [2.75, 3.05) is 6.54 Å². The van der Waals surface area contributed by atoms with E-state index in [0.717, 1.165) is 19.4 Å². The van der Waals surface area contributed by atoms with Crippen molar-refractivity contribution in [1.82, 2.24) is 4.90 Å². The first kappa shape index (κ1) is 12.1. The quantitative estimate of drug-likeness (QED) is 0.774. The van der Waals surface area contributed by atoms with Crippen LogP contribution in [0.25, 0.3) is 0 Å². The van der Waals surface area contributed by atoms with Crippen LogP contribution >= 0.6 is 11.8 Å². The maximum atomic E-state index is 12.6. The van der Waals surface area contributed by atoms with Crippen molar-refractivity contribution in [2.24, 2.45) is 0 Å². The number of likely N-dealkylation sites (tertiary alicyclic amines) is 1. The Morgan fingerprint density at radius 2 is 2.17 bits per heavy atom. The lowest BCUT2D eigenvalue weighted by Crippen LogP contribution is -2.46. The molecule has 0 radical (unpaired) electrons. The van der Waals surface area contributed by atoms with E-state index in [4.69, 9.17) is 0 Å². The molecule has 0 N–H and O–H groups in total. The molecule has 1 saturated heterocycles. The molecule has 1 aromatic rings. The Morgan fingerprint density at radius 3 is 2.94 bits per heavy atom. The number of benzene rings is 1. The van der Waals surface area contributed by atoms with Crippen LogP contribution in [-0.2, 0) is 11.2 Å². The molecule has 0 aromatic heterocycles. The second-order valence-corrected chi connectivity index (χ2v) is 6.54. The summed E-state index contributed by atoms with van der Waals surface area (Å²) in [5.41, 5.74) is 1.34. The van der Waals surface area contributed by atoms with Gasteiger partial charge in [-0.2, -0.15) is 0 Å². The molecule has 2 atom stereocenters. The number of rotatable bonds is 1. The molecule has 0 bridgehead atoms. The molecule has 0 spiro atoms. The summed E-state index contributed by atoms with van der Waals surface area (Å²) >= 11 is 1.75. The highest BCUT2D eigenvalue weighted by Gasteiger charge is 2.33. The van der Waals surface area contributed by atoms with Gasteiger partial charge in [0.1, 0.15) is 0 Å². The number of nitrogens with zero attached hydrogens (tertiary/aromatic N) is 1. The van der Waals surface area contributed by atoms with Gasteiger partial charge in [0.2, 0.25) is 5.91 Å². The van der Waals surface area contributed by atoms with Crippen LogP contribution in [0.15, 0.2) is 29.2 Å². The lowest BCUT2D eigenvalue weighted by atomic mass is 10.0. The second-order valence-electron chi connectivity index (χ2n) is 5.29. The summed E-state index contributed by atoms with van der Waals surface area (Å²) in [7, 11) is 0. The number of fused-ring (bicyclic) bond motifs is 1. The fraction of sp³-hybridized carbons (Fsp3) is 0.533. The van der Waals surface area contributed by atoms with Crippen molar-refractivity contribution in [3.05, 3.63) is 29.8 Å². The van der Waals surface area contributed by atoms with E-state index in [9.17, 15) is 4.79 Å². The summed E-state index contributed by atoms with van der Waals surface area (Å²) in [6.45, 7) is 3.14. The average Bonchev–Trinajstić information content (AvgIpc) is 2.82. The maximum absolute atomic E-state index is 12.6. The van der Waals surface area contributed by atoms with Crippen LogP contribution in [0.1, 0.15) is 31.7 Å². The first-order valence-corrected chi connectivity index (χ1v) is 7.69. The van der Waals surface area contributed by atoms with Crippen LogP contribution < -0.4 is 0 Å². The van der Waals surface area contributed by atoms with Crippen molar-refractivity contribution in [1.29, 1.82) is 0 Å². The van der Waals surface area contributed by atoms with Crippen LogP contribution in [0, 0.1) is 0 Å². The van der Waals surface area contributed by atoms with Crippen LogP contribution in [0.4, 0.5) is 0 Å². The fourth-order valence-corrected chi connectivity index (χ4v) is 4.20. The summed E-state index contributed by atoms with van der Waals surface area (Å²) < 4.78 is 0. The van der Waals surface area contributed by atoms with Crippen molar-refractivity contribution in [2.45, 2.75) is 48.8 Å². The van der Waals surface area contributed by atoms with E-state index in [1.807, 2.05) is 0 Å². The number of hydrogen-bond acceptors (Lipinski definition) is 2. The number of amides is 1. The Morgan fingerprint density at radius 1 is 1.33 bits per heavy atom. The van der Waals surface area contributed by atoms with E-state index in [-0.39, 0.29) is 5.25 Å². The smallest absolute Gasteiger partial charge is 0.236 e. The van der Waals surface area contributed by atoms with Gasteiger partial charge in [-0.15, -0.1) is 11.8 Å². The number of carbonyl (C=O) groups is 1. The summed E-state index contributed by atoms with van der Waals surface area (Å²) in [5.74, 6) is 0.350. The molecule has 3 heteroatoms. The van der Waals surface area contributed by atoms with Gasteiger partial charge in [-0.25, -0.2) is 0 Å². The minimum absolute atomic E-state index is 0.114. The van der Waals surface area contributed by atoms with Crippen molar-refractivity contribution >= 4 is 17.7 Å². The lowest BCUT2D eigenvalue weighted by Gasteiger charge is -2.35. The van der Waals surface area contributed by atoms with Gasteiger partial charge in [0.05, 0.1) is 5.25 Å². The summed E-state index contributed by atoms with van der Waals surface area (Å²) in [6.07, 6.45) is 4.50. The maximum Gasteiger partial charge on any atom is 0.236 e. The zero-order chi connectivity index (χ0) is 12.5. The molecule has 2 aliphatic rings. The van der Waals surface area contributed by atoms with E-state index in [1.54, 1.807) is 11.8 Å². The Kier molecular flexibility index (Phi) is 3.33. The van der Waals surface area contributed by atoms with Gasteiger partial charge in [0.15, 0.2) is 0 Å². The number of thioether (sulfide) groups is 1. The lowest BCUT2D eigenvalue weighted by molar-refractivity contribution is -0.133. The van der Waals surface area contributed by atoms with E-state index in [0.29, 0.717) is 11.9 Å². The van der Waals surface area contributed by atoms with Gasteiger partial charge in [-0.05, 0) is 44.2 Å². The standard InChI is InChI=1S/C15H19NOS/c1-11-6-4-5-9-16(11)15(17)14-10-12-7-2-3-8-13(12)18-14/h2-3,7-8,11,14H,4-6,9-10H2,1H3. The summed E-state index contributed by atoms with van der Waals surface area (Å²) in [4.78, 5) is 16.0. The van der Waals surface area contributed by atoms with Crippen LogP contribution in [-0.4, -0.2) is 28.6 Å². The highest BCUT2D eigenvalue weighted by molar-refractivity contribution is 8.01. The van der Waals surface area contributed by atoms with Gasteiger partial charge >= 0.3 is 0 Å². The van der Waals surface area contributed by atoms with Gasteiger partial charge in [0, 0.05) is 17.5 Å². The summed E-state index contributed by atoms with van der Waals surface area (Å²) in [6, 6.07) is 8.83. The Labute approximate surface area is 113 Å². The predicted molar refractivity (Wildman–Crippen MR) is 74.8 cm³/mol. The molecule has 0 saturated carbocycles. The zero-order valence-corrected chi connectivity index (χ0v) is 11.6. The van der Waals surface area contributed by atoms with Gasteiger partial charge in [0.25, 0.3) is 0 Å². The molecule has 0 aliphatic carbocycles. The molecule has 1 amide bonds. The van der Waals surface area contributed by atoms with E-state index < -0.39 is 0 Å².